The summed E-state index contributed by atoms with van der Waals surface area (Å²) in [7, 11) is 0. The van der Waals surface area contributed by atoms with Crippen molar-refractivity contribution < 1.29 is 22.3 Å². The van der Waals surface area contributed by atoms with Crippen molar-refractivity contribution in [1.29, 1.82) is 0 Å². The minimum absolute atomic E-state index is 0.178. The molecule has 1 saturated carbocycles. The predicted molar refractivity (Wildman–Crippen MR) is 57.5 cm³/mol. The molecule has 1 fully saturated rings. The highest BCUT2D eigenvalue weighted by Gasteiger charge is 2.32. The molecular formula is C12H13F4NO. The summed E-state index contributed by atoms with van der Waals surface area (Å²) in [5.41, 5.74) is 0.178. The molecule has 1 aliphatic carbocycles. The summed E-state index contributed by atoms with van der Waals surface area (Å²) >= 11 is 0. The Morgan fingerprint density at radius 1 is 1.28 bits per heavy atom. The van der Waals surface area contributed by atoms with Gasteiger partial charge in [-0.25, -0.2) is 4.39 Å². The van der Waals surface area contributed by atoms with Gasteiger partial charge in [0.25, 0.3) is 0 Å². The van der Waals surface area contributed by atoms with Crippen molar-refractivity contribution in [2.24, 2.45) is 5.92 Å². The zero-order chi connectivity index (χ0) is 13.2. The molecule has 1 N–H and O–H groups in total. The van der Waals surface area contributed by atoms with Crippen molar-refractivity contribution in [3.05, 3.63) is 29.6 Å². The van der Waals surface area contributed by atoms with Crippen molar-refractivity contribution in [3.63, 3.8) is 0 Å². The lowest BCUT2D eigenvalue weighted by atomic mass is 10.2. The van der Waals surface area contributed by atoms with Gasteiger partial charge in [-0.3, -0.25) is 0 Å². The third kappa shape index (κ3) is 3.87. The van der Waals surface area contributed by atoms with Crippen molar-refractivity contribution in [3.8, 4) is 5.75 Å². The summed E-state index contributed by atoms with van der Waals surface area (Å²) in [5.74, 6) is -1.12. The van der Waals surface area contributed by atoms with Gasteiger partial charge in [-0.1, -0.05) is 12.1 Å². The van der Waals surface area contributed by atoms with Gasteiger partial charge in [-0.15, -0.1) is 13.2 Å². The lowest BCUT2D eigenvalue weighted by Gasteiger charge is -2.12. The molecule has 2 rings (SSSR count). The summed E-state index contributed by atoms with van der Waals surface area (Å²) in [6.45, 7) is 0.973. The molecule has 6 heteroatoms. The van der Waals surface area contributed by atoms with Crippen LogP contribution in [0.3, 0.4) is 0 Å². The highest BCUT2D eigenvalue weighted by Crippen LogP contribution is 2.29. The lowest BCUT2D eigenvalue weighted by molar-refractivity contribution is -0.275. The van der Waals surface area contributed by atoms with Gasteiger partial charge in [0, 0.05) is 12.1 Å². The van der Waals surface area contributed by atoms with Crippen LogP contribution in [0.4, 0.5) is 17.6 Å². The molecular weight excluding hydrogens is 250 g/mol. The quantitative estimate of drug-likeness (QED) is 0.823. The summed E-state index contributed by atoms with van der Waals surface area (Å²) in [4.78, 5) is 0. The molecule has 18 heavy (non-hydrogen) atoms. The van der Waals surface area contributed by atoms with Gasteiger partial charge < -0.3 is 10.1 Å². The summed E-state index contributed by atoms with van der Waals surface area (Å²) in [5, 5.41) is 3.02. The molecule has 0 aliphatic heterocycles. The van der Waals surface area contributed by atoms with E-state index in [0.29, 0.717) is 5.92 Å². The fourth-order valence-electron chi connectivity index (χ4n) is 1.63. The molecule has 0 saturated heterocycles. The number of halogens is 4. The maximum Gasteiger partial charge on any atom is 0.573 e. The first-order valence-electron chi connectivity index (χ1n) is 5.69. The number of rotatable bonds is 5. The lowest BCUT2D eigenvalue weighted by Crippen LogP contribution is -2.20. The van der Waals surface area contributed by atoms with Crippen molar-refractivity contribution >= 4 is 0 Å². The van der Waals surface area contributed by atoms with E-state index in [1.54, 1.807) is 0 Å². The highest BCUT2D eigenvalue weighted by molar-refractivity contribution is 5.31. The average molecular weight is 263 g/mol. The van der Waals surface area contributed by atoms with E-state index in [1.807, 2.05) is 0 Å². The zero-order valence-corrected chi connectivity index (χ0v) is 9.56. The largest absolute Gasteiger partial charge is 0.573 e. The molecule has 0 aromatic heterocycles. The van der Waals surface area contributed by atoms with E-state index in [9.17, 15) is 17.6 Å². The number of nitrogens with one attached hydrogen (secondary N) is 1. The van der Waals surface area contributed by atoms with Crippen molar-refractivity contribution in [2.45, 2.75) is 25.7 Å². The Bertz CT molecular complexity index is 415. The smallest absolute Gasteiger partial charge is 0.403 e. The predicted octanol–water partition coefficient (Wildman–Crippen LogP) is 3.22. The van der Waals surface area contributed by atoms with Crippen LogP contribution >= 0.6 is 0 Å². The van der Waals surface area contributed by atoms with Crippen LogP contribution in [0.1, 0.15) is 18.4 Å². The Balaban J connectivity index is 1.98. The third-order valence-electron chi connectivity index (χ3n) is 2.71. The Labute approximate surface area is 102 Å². The van der Waals surface area contributed by atoms with Crippen LogP contribution in [0.25, 0.3) is 0 Å². The van der Waals surface area contributed by atoms with Gasteiger partial charge in [-0.2, -0.15) is 0 Å². The van der Waals surface area contributed by atoms with Gasteiger partial charge in [0.1, 0.15) is 0 Å². The highest BCUT2D eigenvalue weighted by atomic mass is 19.4. The van der Waals surface area contributed by atoms with Crippen LogP contribution in [0.2, 0.25) is 0 Å². The maximum absolute atomic E-state index is 13.7. The number of benzene rings is 1. The van der Waals surface area contributed by atoms with Gasteiger partial charge in [0.2, 0.25) is 0 Å². The molecule has 0 radical (unpaired) electrons. The third-order valence-corrected chi connectivity index (χ3v) is 2.71. The molecule has 0 amide bonds. The number of ether oxygens (including phenoxy) is 1. The van der Waals surface area contributed by atoms with Crippen LogP contribution < -0.4 is 10.1 Å². The monoisotopic (exact) mass is 263 g/mol. The SMILES string of the molecule is Fc1c(CNCC2CC2)cccc1OC(F)(F)F. The van der Waals surface area contributed by atoms with E-state index >= 15 is 0 Å². The van der Waals surface area contributed by atoms with Crippen LogP contribution in [0, 0.1) is 11.7 Å². The second kappa shape index (κ2) is 5.14. The standard InChI is InChI=1S/C12H13F4NO/c13-11-9(7-17-6-8-4-5-8)2-1-3-10(11)18-12(14,15)16/h1-3,8,17H,4-7H2. The molecule has 0 bridgehead atoms. The van der Waals surface area contributed by atoms with Gasteiger partial charge >= 0.3 is 6.36 Å². The van der Waals surface area contributed by atoms with Crippen LogP contribution in [-0.4, -0.2) is 12.9 Å². The first kappa shape index (κ1) is 13.1. The molecule has 2 nitrogen and oxygen atoms in total. The van der Waals surface area contributed by atoms with Crippen molar-refractivity contribution in [2.75, 3.05) is 6.54 Å². The maximum atomic E-state index is 13.7. The summed E-state index contributed by atoms with van der Waals surface area (Å²) < 4.78 is 53.3. The molecule has 100 valence electrons. The minimum Gasteiger partial charge on any atom is -0.403 e. The Morgan fingerprint density at radius 2 is 2.00 bits per heavy atom. The molecule has 1 aromatic rings. The number of alkyl halides is 3. The Kier molecular flexibility index (Phi) is 3.75. The van der Waals surface area contributed by atoms with E-state index in [-0.39, 0.29) is 12.1 Å². The molecule has 0 heterocycles. The van der Waals surface area contributed by atoms with Crippen LogP contribution in [0.15, 0.2) is 18.2 Å². The van der Waals surface area contributed by atoms with Crippen LogP contribution in [-0.2, 0) is 6.54 Å². The van der Waals surface area contributed by atoms with Gasteiger partial charge in [0.05, 0.1) is 0 Å². The molecule has 1 aromatic carbocycles. The average Bonchev–Trinajstić information content (AvgIpc) is 3.05. The molecule has 1 aliphatic rings. The van der Waals surface area contributed by atoms with Gasteiger partial charge in [-0.05, 0) is 31.4 Å². The fraction of sp³-hybridized carbons (Fsp3) is 0.500. The van der Waals surface area contributed by atoms with E-state index in [4.69, 9.17) is 0 Å². The number of hydrogen-bond donors (Lipinski definition) is 1. The van der Waals surface area contributed by atoms with Crippen molar-refractivity contribution in [1.82, 2.24) is 5.32 Å². The summed E-state index contributed by atoms with van der Waals surface area (Å²) in [6, 6.07) is 3.75. The Morgan fingerprint density at radius 3 is 2.61 bits per heavy atom. The van der Waals surface area contributed by atoms with E-state index in [2.05, 4.69) is 10.1 Å². The van der Waals surface area contributed by atoms with E-state index < -0.39 is 17.9 Å². The van der Waals surface area contributed by atoms with E-state index in [1.165, 1.54) is 12.1 Å². The van der Waals surface area contributed by atoms with Gasteiger partial charge in [0.15, 0.2) is 11.6 Å². The first-order valence-corrected chi connectivity index (χ1v) is 5.69. The minimum atomic E-state index is -4.87. The topological polar surface area (TPSA) is 21.3 Å². The summed E-state index contributed by atoms with van der Waals surface area (Å²) in [6.07, 6.45) is -2.56. The Hall–Kier alpha value is -1.30. The molecule has 0 atom stereocenters. The normalized spacial score (nSPS) is 15.8. The first-order chi connectivity index (χ1) is 8.46. The van der Waals surface area contributed by atoms with E-state index in [0.717, 1.165) is 25.5 Å². The molecule has 0 unspecified atom stereocenters. The number of hydrogen-bond acceptors (Lipinski definition) is 2. The molecule has 0 spiro atoms. The second-order valence-corrected chi connectivity index (χ2v) is 4.35. The fourth-order valence-corrected chi connectivity index (χ4v) is 1.63. The zero-order valence-electron chi connectivity index (χ0n) is 9.56. The van der Waals surface area contributed by atoms with Crippen LogP contribution in [0.5, 0.6) is 5.75 Å². The second-order valence-electron chi connectivity index (χ2n) is 4.35.